The summed E-state index contributed by atoms with van der Waals surface area (Å²) in [5.74, 6) is -1.74. The van der Waals surface area contributed by atoms with E-state index in [0.29, 0.717) is 11.1 Å². The van der Waals surface area contributed by atoms with Gasteiger partial charge in [0.15, 0.2) is 0 Å². The first-order chi connectivity index (χ1) is 9.95. The number of aromatic carboxylic acids is 1. The Morgan fingerprint density at radius 2 is 2.10 bits per heavy atom. The van der Waals surface area contributed by atoms with Crippen LogP contribution in [0, 0.1) is 5.82 Å². The van der Waals surface area contributed by atoms with Gasteiger partial charge < -0.3 is 5.11 Å². The summed E-state index contributed by atoms with van der Waals surface area (Å²) in [6.07, 6.45) is 0. The minimum absolute atomic E-state index is 0.0430. The highest BCUT2D eigenvalue weighted by atomic mass is 79.9. The Labute approximate surface area is 136 Å². The summed E-state index contributed by atoms with van der Waals surface area (Å²) < 4.78 is 14.5. The van der Waals surface area contributed by atoms with Crippen molar-refractivity contribution in [3.63, 3.8) is 0 Å². The van der Waals surface area contributed by atoms with Crippen LogP contribution in [-0.4, -0.2) is 16.1 Å². The van der Waals surface area contributed by atoms with Crippen molar-refractivity contribution in [2.24, 2.45) is 0 Å². The molecule has 0 spiro atoms. The number of hydrogen-bond acceptors (Lipinski definition) is 3. The SMILES string of the molecule is O=C(O)c1cc(-c2ccc(Br)s2)nc2cc(F)c(Cl)cc12. The number of carbonyl (C=O) groups is 1. The lowest BCUT2D eigenvalue weighted by atomic mass is 10.1. The Bertz CT molecular complexity index is 881. The summed E-state index contributed by atoms with van der Waals surface area (Å²) in [6.45, 7) is 0. The van der Waals surface area contributed by atoms with Crippen LogP contribution in [0.1, 0.15) is 10.4 Å². The van der Waals surface area contributed by atoms with Crippen molar-refractivity contribution < 1.29 is 14.3 Å². The van der Waals surface area contributed by atoms with Crippen LogP contribution in [0.5, 0.6) is 0 Å². The third-order valence-corrected chi connectivity index (χ3v) is 4.84. The molecular weight excluding hydrogens is 381 g/mol. The molecule has 1 N–H and O–H groups in total. The van der Waals surface area contributed by atoms with Gasteiger partial charge in [-0.1, -0.05) is 11.6 Å². The molecule has 0 bridgehead atoms. The number of aromatic nitrogens is 1. The van der Waals surface area contributed by atoms with E-state index in [1.165, 1.54) is 23.5 Å². The lowest BCUT2D eigenvalue weighted by Gasteiger charge is -2.07. The van der Waals surface area contributed by atoms with E-state index < -0.39 is 11.8 Å². The maximum absolute atomic E-state index is 13.6. The molecule has 1 aromatic carbocycles. The monoisotopic (exact) mass is 385 g/mol. The van der Waals surface area contributed by atoms with E-state index in [1.54, 1.807) is 0 Å². The molecule has 7 heteroatoms. The molecular formula is C14H6BrClFNO2S. The van der Waals surface area contributed by atoms with Crippen LogP contribution in [-0.2, 0) is 0 Å². The van der Waals surface area contributed by atoms with Gasteiger partial charge in [-0.15, -0.1) is 11.3 Å². The van der Waals surface area contributed by atoms with Crippen LogP contribution in [0.15, 0.2) is 34.1 Å². The minimum Gasteiger partial charge on any atom is -0.478 e. The quantitative estimate of drug-likeness (QED) is 0.657. The summed E-state index contributed by atoms with van der Waals surface area (Å²) in [5, 5.41) is 9.54. The van der Waals surface area contributed by atoms with Crippen molar-refractivity contribution in [3.8, 4) is 10.6 Å². The Kier molecular flexibility index (Phi) is 3.69. The highest BCUT2D eigenvalue weighted by molar-refractivity contribution is 9.11. The number of fused-ring (bicyclic) bond motifs is 1. The fraction of sp³-hybridized carbons (Fsp3) is 0. The predicted molar refractivity (Wildman–Crippen MR) is 84.7 cm³/mol. The molecule has 21 heavy (non-hydrogen) atoms. The highest BCUT2D eigenvalue weighted by Crippen LogP contribution is 2.33. The van der Waals surface area contributed by atoms with Gasteiger partial charge >= 0.3 is 5.97 Å². The van der Waals surface area contributed by atoms with Crippen molar-refractivity contribution >= 4 is 55.7 Å². The number of hydrogen-bond donors (Lipinski definition) is 1. The number of thiophene rings is 1. The average molecular weight is 387 g/mol. The van der Waals surface area contributed by atoms with Crippen LogP contribution in [0.2, 0.25) is 5.02 Å². The van der Waals surface area contributed by atoms with Gasteiger partial charge in [0.2, 0.25) is 0 Å². The van der Waals surface area contributed by atoms with Crippen LogP contribution < -0.4 is 0 Å². The van der Waals surface area contributed by atoms with Crippen molar-refractivity contribution in [3.05, 3.63) is 50.5 Å². The molecule has 0 saturated heterocycles. The van der Waals surface area contributed by atoms with Gasteiger partial charge in [0.1, 0.15) is 5.82 Å². The third kappa shape index (κ3) is 2.66. The first kappa shape index (κ1) is 14.4. The van der Waals surface area contributed by atoms with Crippen LogP contribution in [0.4, 0.5) is 4.39 Å². The maximum atomic E-state index is 13.6. The van der Waals surface area contributed by atoms with E-state index in [-0.39, 0.29) is 16.1 Å². The molecule has 0 saturated carbocycles. The van der Waals surface area contributed by atoms with Crippen LogP contribution >= 0.6 is 38.9 Å². The van der Waals surface area contributed by atoms with E-state index >= 15 is 0 Å². The first-order valence-electron chi connectivity index (χ1n) is 5.74. The first-order valence-corrected chi connectivity index (χ1v) is 7.73. The summed E-state index contributed by atoms with van der Waals surface area (Å²) in [6, 6.07) is 7.57. The topological polar surface area (TPSA) is 50.2 Å². The normalized spacial score (nSPS) is 11.0. The molecule has 0 amide bonds. The summed E-state index contributed by atoms with van der Waals surface area (Å²) >= 11 is 10.5. The van der Waals surface area contributed by atoms with Crippen molar-refractivity contribution in [2.45, 2.75) is 0 Å². The standard InChI is InChI=1S/C14H6BrClFNO2S/c15-13-2-1-12(21-13)11-4-7(14(19)20)6-3-8(16)9(17)5-10(6)18-11/h1-5H,(H,19,20). The van der Waals surface area contributed by atoms with Gasteiger partial charge in [0.25, 0.3) is 0 Å². The van der Waals surface area contributed by atoms with Gasteiger partial charge in [-0.3, -0.25) is 0 Å². The Hall–Kier alpha value is -1.50. The fourth-order valence-electron chi connectivity index (χ4n) is 1.98. The molecule has 0 aliphatic rings. The Morgan fingerprint density at radius 3 is 2.71 bits per heavy atom. The number of pyridine rings is 1. The molecule has 0 fully saturated rings. The number of rotatable bonds is 2. The molecule has 3 aromatic rings. The second-order valence-electron chi connectivity index (χ2n) is 4.25. The smallest absolute Gasteiger partial charge is 0.336 e. The zero-order valence-corrected chi connectivity index (χ0v) is 13.4. The fourth-order valence-corrected chi connectivity index (χ4v) is 3.49. The molecule has 3 rings (SSSR count). The second-order valence-corrected chi connectivity index (χ2v) is 7.12. The lowest BCUT2D eigenvalue weighted by Crippen LogP contribution is -2.00. The van der Waals surface area contributed by atoms with E-state index in [0.717, 1.165) is 14.7 Å². The molecule has 3 nitrogen and oxygen atoms in total. The molecule has 2 aromatic heterocycles. The number of carboxylic acid groups (broad SMARTS) is 1. The zero-order chi connectivity index (χ0) is 15.1. The van der Waals surface area contributed by atoms with Crippen molar-refractivity contribution in [1.29, 1.82) is 0 Å². The summed E-state index contributed by atoms with van der Waals surface area (Å²) in [7, 11) is 0. The van der Waals surface area contributed by atoms with Gasteiger partial charge in [-0.25, -0.2) is 14.2 Å². The summed E-state index contributed by atoms with van der Waals surface area (Å²) in [5.41, 5.74) is 0.787. The van der Waals surface area contributed by atoms with Gasteiger partial charge in [0.05, 0.1) is 30.5 Å². The molecule has 2 heterocycles. The van der Waals surface area contributed by atoms with Gasteiger partial charge in [0, 0.05) is 11.5 Å². The number of benzene rings is 1. The minimum atomic E-state index is -1.11. The second kappa shape index (κ2) is 5.36. The maximum Gasteiger partial charge on any atom is 0.336 e. The highest BCUT2D eigenvalue weighted by Gasteiger charge is 2.16. The predicted octanol–water partition coefficient (Wildman–Crippen LogP) is 5.22. The van der Waals surface area contributed by atoms with E-state index in [9.17, 15) is 14.3 Å². The number of nitrogens with zero attached hydrogens (tertiary/aromatic N) is 1. The zero-order valence-electron chi connectivity index (χ0n) is 10.2. The molecule has 106 valence electrons. The molecule has 0 atom stereocenters. The number of carboxylic acids is 1. The largest absolute Gasteiger partial charge is 0.478 e. The summed E-state index contributed by atoms with van der Waals surface area (Å²) in [4.78, 5) is 16.6. The molecule has 0 radical (unpaired) electrons. The Morgan fingerprint density at radius 1 is 1.33 bits per heavy atom. The molecule has 0 unspecified atom stereocenters. The lowest BCUT2D eigenvalue weighted by molar-refractivity contribution is 0.0699. The molecule has 0 aliphatic carbocycles. The van der Waals surface area contributed by atoms with E-state index in [2.05, 4.69) is 20.9 Å². The van der Waals surface area contributed by atoms with Gasteiger partial charge in [-0.2, -0.15) is 0 Å². The van der Waals surface area contributed by atoms with Crippen LogP contribution in [0.3, 0.4) is 0 Å². The van der Waals surface area contributed by atoms with E-state index in [4.69, 9.17) is 11.6 Å². The van der Waals surface area contributed by atoms with Crippen molar-refractivity contribution in [2.75, 3.05) is 0 Å². The van der Waals surface area contributed by atoms with Crippen molar-refractivity contribution in [1.82, 2.24) is 4.98 Å². The molecule has 0 aliphatic heterocycles. The average Bonchev–Trinajstić information content (AvgIpc) is 2.85. The third-order valence-electron chi connectivity index (χ3n) is 2.91. The van der Waals surface area contributed by atoms with E-state index in [1.807, 2.05) is 12.1 Å². The number of halogens is 3. The van der Waals surface area contributed by atoms with Gasteiger partial charge in [-0.05, 0) is 40.2 Å². The Balaban J connectivity index is 2.34. The van der Waals surface area contributed by atoms with Crippen LogP contribution in [0.25, 0.3) is 21.5 Å².